The van der Waals surface area contributed by atoms with Gasteiger partial charge >= 0.3 is 12.1 Å². The maximum absolute atomic E-state index is 13.7. The lowest BCUT2D eigenvalue weighted by Crippen LogP contribution is -2.49. The third kappa shape index (κ3) is 13.3. The van der Waals surface area contributed by atoms with Gasteiger partial charge in [0.2, 0.25) is 11.8 Å². The first-order valence-corrected chi connectivity index (χ1v) is 16.5. The van der Waals surface area contributed by atoms with Crippen molar-refractivity contribution in [1.29, 1.82) is 0 Å². The fourth-order valence-electron chi connectivity index (χ4n) is 5.26. The summed E-state index contributed by atoms with van der Waals surface area (Å²) in [5, 5.41) is 18.2. The Kier molecular flexibility index (Phi) is 17.0. The van der Waals surface area contributed by atoms with Gasteiger partial charge in [0, 0.05) is 13.5 Å². The Morgan fingerprint density at radius 1 is 0.800 bits per heavy atom. The molecule has 0 saturated heterocycles. The normalized spacial score (nSPS) is 13.7. The number of allylic oxidation sites excluding steroid dienone is 1. The number of hydrogen-bond acceptors (Lipinski definition) is 8. The number of aliphatic hydroxyl groups is 1. The van der Waals surface area contributed by atoms with E-state index in [-0.39, 0.29) is 39.1 Å². The average molecular weight is 686 g/mol. The van der Waals surface area contributed by atoms with Crippen LogP contribution in [-0.2, 0) is 41.6 Å². The predicted octanol–water partition coefficient (Wildman–Crippen LogP) is 4.58. The van der Waals surface area contributed by atoms with Gasteiger partial charge in [-0.05, 0) is 36.0 Å². The monoisotopic (exact) mass is 685 g/mol. The van der Waals surface area contributed by atoms with Crippen LogP contribution in [-0.4, -0.2) is 67.4 Å². The van der Waals surface area contributed by atoms with Crippen molar-refractivity contribution in [2.24, 2.45) is 5.92 Å². The van der Waals surface area contributed by atoms with Crippen LogP contribution in [0, 0.1) is 5.92 Å². The third-order valence-corrected chi connectivity index (χ3v) is 7.77. The minimum atomic E-state index is -1.13. The fraction of sp³-hybridized carbons (Fsp3) is 0.333. The van der Waals surface area contributed by atoms with Crippen molar-refractivity contribution in [2.75, 3.05) is 20.3 Å². The summed E-state index contributed by atoms with van der Waals surface area (Å²) in [5.41, 5.74) is 2.29. The summed E-state index contributed by atoms with van der Waals surface area (Å²) in [5.74, 6) is -2.48. The number of amides is 3. The van der Waals surface area contributed by atoms with Crippen LogP contribution in [0.2, 0.25) is 0 Å². The van der Waals surface area contributed by atoms with Gasteiger partial charge in [-0.25, -0.2) is 9.59 Å². The van der Waals surface area contributed by atoms with Crippen molar-refractivity contribution in [3.63, 3.8) is 0 Å². The van der Waals surface area contributed by atoms with Gasteiger partial charge in [0.25, 0.3) is 0 Å². The molecule has 5 unspecified atom stereocenters. The van der Waals surface area contributed by atoms with Crippen molar-refractivity contribution in [1.82, 2.24) is 16.0 Å². The topological polar surface area (TPSA) is 152 Å². The molecular weight excluding hydrogens is 638 g/mol. The Labute approximate surface area is 293 Å². The van der Waals surface area contributed by atoms with Crippen molar-refractivity contribution < 1.29 is 38.5 Å². The largest absolute Gasteiger partial charge is 0.454 e. The number of esters is 1. The number of carbonyl (C=O) groups is 4. The zero-order chi connectivity index (χ0) is 36.1. The molecule has 0 aromatic heterocycles. The number of hydrogen-bond donors (Lipinski definition) is 4. The molecule has 0 spiro atoms. The summed E-state index contributed by atoms with van der Waals surface area (Å²) in [6.45, 7) is 7.14. The minimum Gasteiger partial charge on any atom is -0.454 e. The molecule has 5 atom stereocenters. The molecule has 0 heterocycles. The number of rotatable bonds is 21. The average Bonchev–Trinajstić information content (AvgIpc) is 3.13. The Bertz CT molecular complexity index is 1500. The number of ether oxygens (including phenoxy) is 3. The van der Waals surface area contributed by atoms with Crippen LogP contribution in [0.3, 0.4) is 0 Å². The highest BCUT2D eigenvalue weighted by Gasteiger charge is 2.34. The summed E-state index contributed by atoms with van der Waals surface area (Å²) >= 11 is 0. The number of alkyl carbamates (subject to hydrolysis) is 1. The molecule has 11 nitrogen and oxygen atoms in total. The molecule has 11 heteroatoms. The summed E-state index contributed by atoms with van der Waals surface area (Å²) < 4.78 is 16.7. The smallest absolute Gasteiger partial charge is 0.408 e. The molecule has 50 heavy (non-hydrogen) atoms. The molecule has 0 aliphatic heterocycles. The lowest BCUT2D eigenvalue weighted by molar-refractivity contribution is -0.155. The van der Waals surface area contributed by atoms with E-state index in [4.69, 9.17) is 14.2 Å². The molecule has 0 fully saturated rings. The Morgan fingerprint density at radius 3 is 1.98 bits per heavy atom. The first-order valence-electron chi connectivity index (χ1n) is 16.5. The van der Waals surface area contributed by atoms with Gasteiger partial charge in [0.15, 0.2) is 0 Å². The lowest BCUT2D eigenvalue weighted by Gasteiger charge is -2.30. The molecule has 266 valence electrons. The lowest BCUT2D eigenvalue weighted by atomic mass is 9.97. The van der Waals surface area contributed by atoms with E-state index in [2.05, 4.69) is 29.1 Å². The first kappa shape index (κ1) is 39.2. The SMILES string of the molecule is C=CCC(CC(=O)NC(CO)Cc1ccccc1)C(=O)NC(COC)C(OC(=O)C(CC=C)NC(=O)OCc1ccccc1)c1ccccc1. The summed E-state index contributed by atoms with van der Waals surface area (Å²) in [6, 6.07) is 24.8. The number of carbonyl (C=O) groups excluding carboxylic acids is 4. The van der Waals surface area contributed by atoms with E-state index in [1.165, 1.54) is 13.2 Å². The standard InChI is InChI=1S/C39H47N3O8/c1-4-15-31(24-35(44)40-32(25-43)23-28-17-9-6-10-18-28)37(45)41-34(27-48-3)36(30-21-13-8-14-22-30)50-38(46)33(16-5-2)42-39(47)49-26-29-19-11-7-12-20-29/h4-14,17-22,31-34,36,43H,1-2,15-16,23-27H2,3H3,(H,40,44)(H,41,45)(H,42,47). The van der Waals surface area contributed by atoms with E-state index in [1.54, 1.807) is 48.5 Å². The molecule has 3 amide bonds. The Balaban J connectivity index is 1.74. The van der Waals surface area contributed by atoms with Gasteiger partial charge in [0.05, 0.1) is 31.2 Å². The van der Waals surface area contributed by atoms with Crippen molar-refractivity contribution >= 4 is 23.9 Å². The second kappa shape index (κ2) is 21.7. The zero-order valence-electron chi connectivity index (χ0n) is 28.4. The van der Waals surface area contributed by atoms with Gasteiger partial charge in [-0.2, -0.15) is 0 Å². The van der Waals surface area contributed by atoms with E-state index < -0.39 is 54.0 Å². The molecule has 3 aromatic rings. The van der Waals surface area contributed by atoms with Gasteiger partial charge in [-0.1, -0.05) is 103 Å². The van der Waals surface area contributed by atoms with Crippen LogP contribution in [0.1, 0.15) is 42.1 Å². The van der Waals surface area contributed by atoms with E-state index in [0.29, 0.717) is 12.0 Å². The van der Waals surface area contributed by atoms with Gasteiger partial charge < -0.3 is 35.3 Å². The van der Waals surface area contributed by atoms with Crippen LogP contribution in [0.25, 0.3) is 0 Å². The molecule has 3 rings (SSSR count). The van der Waals surface area contributed by atoms with E-state index in [9.17, 15) is 24.3 Å². The molecular formula is C39H47N3O8. The van der Waals surface area contributed by atoms with E-state index in [1.807, 2.05) is 48.5 Å². The Hall–Kier alpha value is -5.26. The highest BCUT2D eigenvalue weighted by Crippen LogP contribution is 2.24. The number of benzene rings is 3. The highest BCUT2D eigenvalue weighted by molar-refractivity contribution is 5.86. The number of methoxy groups -OCH3 is 1. The van der Waals surface area contributed by atoms with Crippen LogP contribution in [0.4, 0.5) is 4.79 Å². The zero-order valence-corrected chi connectivity index (χ0v) is 28.4. The van der Waals surface area contributed by atoms with E-state index >= 15 is 0 Å². The Morgan fingerprint density at radius 2 is 1.40 bits per heavy atom. The second-order valence-electron chi connectivity index (χ2n) is 11.7. The van der Waals surface area contributed by atoms with Gasteiger partial charge in [0.1, 0.15) is 18.8 Å². The maximum atomic E-state index is 13.7. The van der Waals surface area contributed by atoms with Crippen molar-refractivity contribution in [2.45, 2.75) is 56.5 Å². The van der Waals surface area contributed by atoms with Crippen LogP contribution >= 0.6 is 0 Å². The summed E-state index contributed by atoms with van der Waals surface area (Å²) in [6.07, 6.45) is 1.67. The first-order chi connectivity index (χ1) is 24.3. The van der Waals surface area contributed by atoms with Gasteiger partial charge in [-0.15, -0.1) is 13.2 Å². The quantitative estimate of drug-likeness (QED) is 0.0940. The van der Waals surface area contributed by atoms with Crippen molar-refractivity contribution in [3.8, 4) is 0 Å². The van der Waals surface area contributed by atoms with E-state index in [0.717, 1.165) is 11.1 Å². The maximum Gasteiger partial charge on any atom is 0.408 e. The number of aliphatic hydroxyl groups excluding tert-OH is 1. The van der Waals surface area contributed by atoms with Crippen LogP contribution < -0.4 is 16.0 Å². The van der Waals surface area contributed by atoms with Crippen LogP contribution in [0.15, 0.2) is 116 Å². The molecule has 0 aliphatic carbocycles. The molecule has 0 saturated carbocycles. The molecule has 0 bridgehead atoms. The molecule has 4 N–H and O–H groups in total. The fourth-order valence-corrected chi connectivity index (χ4v) is 5.26. The summed E-state index contributed by atoms with van der Waals surface area (Å²) in [4.78, 5) is 53.0. The van der Waals surface area contributed by atoms with Crippen molar-refractivity contribution in [3.05, 3.63) is 133 Å². The van der Waals surface area contributed by atoms with Crippen LogP contribution in [0.5, 0.6) is 0 Å². The molecule has 0 radical (unpaired) electrons. The predicted molar refractivity (Wildman–Crippen MR) is 190 cm³/mol. The van der Waals surface area contributed by atoms with Gasteiger partial charge in [-0.3, -0.25) is 9.59 Å². The molecule has 3 aromatic carbocycles. The molecule has 0 aliphatic rings. The highest BCUT2D eigenvalue weighted by atomic mass is 16.6. The summed E-state index contributed by atoms with van der Waals surface area (Å²) in [7, 11) is 1.45. The minimum absolute atomic E-state index is 0.00863. The second-order valence-corrected chi connectivity index (χ2v) is 11.7. The third-order valence-electron chi connectivity index (χ3n) is 7.77. The number of nitrogens with one attached hydrogen (secondary N) is 3.